The fourth-order valence-corrected chi connectivity index (χ4v) is 3.54. The molecule has 1 unspecified atom stereocenters. The predicted octanol–water partition coefficient (Wildman–Crippen LogP) is 1.84. The molecular formula is C13H27N3. The van der Waals surface area contributed by atoms with Crippen molar-refractivity contribution in [2.45, 2.75) is 75.4 Å². The molecule has 0 aromatic heterocycles. The van der Waals surface area contributed by atoms with Crippen molar-refractivity contribution < 1.29 is 0 Å². The van der Waals surface area contributed by atoms with Crippen LogP contribution in [-0.4, -0.2) is 11.2 Å². The van der Waals surface area contributed by atoms with E-state index < -0.39 is 5.66 Å². The van der Waals surface area contributed by atoms with Gasteiger partial charge in [-0.1, -0.05) is 44.9 Å². The van der Waals surface area contributed by atoms with Gasteiger partial charge in [0, 0.05) is 5.54 Å². The van der Waals surface area contributed by atoms with Gasteiger partial charge in [0.15, 0.2) is 0 Å². The maximum atomic E-state index is 6.52. The van der Waals surface area contributed by atoms with E-state index in [9.17, 15) is 0 Å². The lowest BCUT2D eigenvalue weighted by molar-refractivity contribution is 0.111. The van der Waals surface area contributed by atoms with Crippen molar-refractivity contribution in [2.75, 3.05) is 0 Å². The molecule has 2 aliphatic rings. The molecular weight excluding hydrogens is 198 g/mol. The third-order valence-corrected chi connectivity index (χ3v) is 4.77. The summed E-state index contributed by atoms with van der Waals surface area (Å²) in [5, 5.41) is 0. The van der Waals surface area contributed by atoms with E-state index in [4.69, 9.17) is 17.2 Å². The molecule has 0 heterocycles. The monoisotopic (exact) mass is 225 g/mol. The summed E-state index contributed by atoms with van der Waals surface area (Å²) in [4.78, 5) is 0. The lowest BCUT2D eigenvalue weighted by atomic mass is 9.67. The van der Waals surface area contributed by atoms with Crippen LogP contribution in [0, 0.1) is 5.92 Å². The van der Waals surface area contributed by atoms with Gasteiger partial charge in [0.2, 0.25) is 0 Å². The molecule has 0 aromatic carbocycles. The molecule has 3 heteroatoms. The molecule has 6 N–H and O–H groups in total. The first kappa shape index (κ1) is 12.3. The summed E-state index contributed by atoms with van der Waals surface area (Å²) >= 11 is 0. The first-order chi connectivity index (χ1) is 7.54. The SMILES string of the molecule is NC1(N)CCCCC1(N)CC1CCCCC1. The average molecular weight is 225 g/mol. The summed E-state index contributed by atoms with van der Waals surface area (Å²) in [5.74, 6) is 0.767. The van der Waals surface area contributed by atoms with Gasteiger partial charge < -0.3 is 17.2 Å². The van der Waals surface area contributed by atoms with Gasteiger partial charge >= 0.3 is 0 Å². The van der Waals surface area contributed by atoms with Crippen LogP contribution in [0.5, 0.6) is 0 Å². The zero-order valence-electron chi connectivity index (χ0n) is 10.4. The molecule has 3 nitrogen and oxygen atoms in total. The summed E-state index contributed by atoms with van der Waals surface area (Å²) in [6, 6.07) is 0. The van der Waals surface area contributed by atoms with E-state index in [1.807, 2.05) is 0 Å². The van der Waals surface area contributed by atoms with Gasteiger partial charge in [-0.2, -0.15) is 0 Å². The fraction of sp³-hybridized carbons (Fsp3) is 1.00. The zero-order valence-corrected chi connectivity index (χ0v) is 10.4. The second-order valence-electron chi connectivity index (χ2n) is 6.11. The van der Waals surface area contributed by atoms with Crippen LogP contribution in [0.4, 0.5) is 0 Å². The lowest BCUT2D eigenvalue weighted by Crippen LogP contribution is -2.73. The van der Waals surface area contributed by atoms with Crippen molar-refractivity contribution in [3.8, 4) is 0 Å². The van der Waals surface area contributed by atoms with Crippen molar-refractivity contribution in [3.05, 3.63) is 0 Å². The molecule has 1 atom stereocenters. The zero-order chi connectivity index (χ0) is 11.6. The Morgan fingerprint density at radius 2 is 1.44 bits per heavy atom. The molecule has 0 aliphatic heterocycles. The molecule has 16 heavy (non-hydrogen) atoms. The molecule has 94 valence electrons. The Balaban J connectivity index is 1.99. The number of hydrogen-bond acceptors (Lipinski definition) is 3. The van der Waals surface area contributed by atoms with Crippen LogP contribution in [0.3, 0.4) is 0 Å². The minimum absolute atomic E-state index is 0.312. The normalized spacial score (nSPS) is 36.2. The molecule has 2 rings (SSSR count). The summed E-state index contributed by atoms with van der Waals surface area (Å²) in [7, 11) is 0. The third-order valence-electron chi connectivity index (χ3n) is 4.77. The number of nitrogens with two attached hydrogens (primary N) is 3. The maximum absolute atomic E-state index is 6.52. The minimum atomic E-state index is -0.636. The molecule has 2 aliphatic carbocycles. The van der Waals surface area contributed by atoms with Crippen LogP contribution < -0.4 is 17.2 Å². The van der Waals surface area contributed by atoms with Gasteiger partial charge in [-0.25, -0.2) is 0 Å². The Kier molecular flexibility index (Phi) is 3.57. The molecule has 0 amide bonds. The quantitative estimate of drug-likeness (QED) is 0.627. The van der Waals surface area contributed by atoms with Crippen LogP contribution in [0.25, 0.3) is 0 Å². The Labute approximate surface area is 99.1 Å². The van der Waals surface area contributed by atoms with Gasteiger partial charge in [0.1, 0.15) is 0 Å². The summed E-state index contributed by atoms with van der Waals surface area (Å²) in [6.07, 6.45) is 12.0. The van der Waals surface area contributed by atoms with Gasteiger partial charge in [-0.05, 0) is 25.2 Å². The van der Waals surface area contributed by atoms with E-state index >= 15 is 0 Å². The first-order valence-corrected chi connectivity index (χ1v) is 6.90. The van der Waals surface area contributed by atoms with Crippen molar-refractivity contribution >= 4 is 0 Å². The van der Waals surface area contributed by atoms with E-state index in [0.717, 1.165) is 31.6 Å². The smallest absolute Gasteiger partial charge is 0.0821 e. The Hall–Kier alpha value is -0.120. The van der Waals surface area contributed by atoms with E-state index in [-0.39, 0.29) is 5.54 Å². The Morgan fingerprint density at radius 3 is 2.06 bits per heavy atom. The van der Waals surface area contributed by atoms with Gasteiger partial charge in [-0.15, -0.1) is 0 Å². The second kappa shape index (κ2) is 4.63. The molecule has 0 radical (unpaired) electrons. The molecule has 2 saturated carbocycles. The standard InChI is InChI=1S/C13H27N3/c14-12(8-4-5-9-13(12,15)16)10-11-6-2-1-3-7-11/h11H,1-10,14-16H2. The molecule has 0 saturated heterocycles. The van der Waals surface area contributed by atoms with E-state index in [1.54, 1.807) is 0 Å². The van der Waals surface area contributed by atoms with Gasteiger partial charge in [0.05, 0.1) is 5.66 Å². The van der Waals surface area contributed by atoms with Crippen molar-refractivity contribution in [3.63, 3.8) is 0 Å². The van der Waals surface area contributed by atoms with Gasteiger partial charge in [0.25, 0.3) is 0 Å². The lowest BCUT2D eigenvalue weighted by Gasteiger charge is -2.49. The summed E-state index contributed by atoms with van der Waals surface area (Å²) < 4.78 is 0. The molecule has 0 bridgehead atoms. The maximum Gasteiger partial charge on any atom is 0.0821 e. The fourth-order valence-electron chi connectivity index (χ4n) is 3.54. The first-order valence-electron chi connectivity index (χ1n) is 6.90. The topological polar surface area (TPSA) is 78.1 Å². The Bertz CT molecular complexity index is 233. The van der Waals surface area contributed by atoms with Crippen LogP contribution in [0.15, 0.2) is 0 Å². The highest BCUT2D eigenvalue weighted by Gasteiger charge is 2.45. The average Bonchev–Trinajstić information content (AvgIpc) is 2.24. The van der Waals surface area contributed by atoms with Crippen molar-refractivity contribution in [1.82, 2.24) is 0 Å². The Morgan fingerprint density at radius 1 is 0.812 bits per heavy atom. The van der Waals surface area contributed by atoms with Gasteiger partial charge in [-0.3, -0.25) is 0 Å². The van der Waals surface area contributed by atoms with Crippen LogP contribution in [0.1, 0.15) is 64.2 Å². The summed E-state index contributed by atoms with van der Waals surface area (Å²) in [6.45, 7) is 0. The van der Waals surface area contributed by atoms with E-state index in [0.29, 0.717) is 0 Å². The third kappa shape index (κ3) is 2.41. The van der Waals surface area contributed by atoms with E-state index in [2.05, 4.69) is 0 Å². The molecule has 0 aromatic rings. The minimum Gasteiger partial charge on any atom is -0.322 e. The van der Waals surface area contributed by atoms with Crippen LogP contribution in [0.2, 0.25) is 0 Å². The van der Waals surface area contributed by atoms with Crippen LogP contribution in [-0.2, 0) is 0 Å². The highest BCUT2D eigenvalue weighted by Crippen LogP contribution is 2.38. The predicted molar refractivity (Wildman–Crippen MR) is 67.7 cm³/mol. The summed E-state index contributed by atoms with van der Waals surface area (Å²) in [5.41, 5.74) is 18.0. The largest absolute Gasteiger partial charge is 0.322 e. The highest BCUT2D eigenvalue weighted by molar-refractivity contribution is 5.06. The highest BCUT2D eigenvalue weighted by atomic mass is 15.1. The van der Waals surface area contributed by atoms with Crippen molar-refractivity contribution in [2.24, 2.45) is 23.1 Å². The molecule has 0 spiro atoms. The van der Waals surface area contributed by atoms with Crippen molar-refractivity contribution in [1.29, 1.82) is 0 Å². The molecule has 2 fully saturated rings. The van der Waals surface area contributed by atoms with E-state index in [1.165, 1.54) is 38.5 Å². The van der Waals surface area contributed by atoms with Crippen LogP contribution >= 0.6 is 0 Å². The number of hydrogen-bond donors (Lipinski definition) is 3. The number of rotatable bonds is 2. The second-order valence-corrected chi connectivity index (χ2v) is 6.11.